The number of nitrogens with one attached hydrogen (secondary N) is 1. The molecule has 30 heavy (non-hydrogen) atoms. The summed E-state index contributed by atoms with van der Waals surface area (Å²) in [5.74, 6) is 0.667. The first-order valence-electron chi connectivity index (χ1n) is 9.48. The summed E-state index contributed by atoms with van der Waals surface area (Å²) in [5, 5.41) is 10.6. The average molecular weight is 456 g/mol. The molecule has 8 nitrogen and oxygen atoms in total. The van der Waals surface area contributed by atoms with Crippen LogP contribution in [0.5, 0.6) is 5.75 Å². The summed E-state index contributed by atoms with van der Waals surface area (Å²) >= 11 is 0. The molecule has 0 unspecified atom stereocenters. The second-order valence-electron chi connectivity index (χ2n) is 7.13. The molecule has 164 valence electrons. The van der Waals surface area contributed by atoms with Crippen LogP contribution in [0.15, 0.2) is 52.5 Å². The molecule has 1 aliphatic carbocycles. The fraction of sp³-hybridized carbons (Fsp3) is 0.400. The first-order valence-corrected chi connectivity index (χ1v) is 11.0. The quantitative estimate of drug-likeness (QED) is 0.588. The summed E-state index contributed by atoms with van der Waals surface area (Å²) in [5.41, 5.74) is 2.92. The summed E-state index contributed by atoms with van der Waals surface area (Å²) in [4.78, 5) is 16.1. The number of hydrazine groups is 1. The summed E-state index contributed by atoms with van der Waals surface area (Å²) in [6.45, 7) is -0.0654. The number of nitrogens with zero attached hydrogens (tertiary/aromatic N) is 2. The number of hydrogen-bond donors (Lipinski definition) is 2. The van der Waals surface area contributed by atoms with Gasteiger partial charge in [-0.25, -0.2) is 13.4 Å². The second-order valence-corrected chi connectivity index (χ2v) is 9.03. The molecule has 2 N–H and O–H groups in total. The van der Waals surface area contributed by atoms with Crippen LogP contribution in [0.25, 0.3) is 0 Å². The average Bonchev–Trinajstić information content (AvgIpc) is 3.21. The first kappa shape index (κ1) is 24.1. The summed E-state index contributed by atoms with van der Waals surface area (Å²) < 4.78 is 30.6. The molecule has 1 aromatic heterocycles. The largest absolute Gasteiger partial charge is 0.497 e. The topological polar surface area (TPSA) is 109 Å². The lowest BCUT2D eigenvalue weighted by atomic mass is 10.0. The number of pyridine rings is 1. The Bertz CT molecular complexity index is 947. The van der Waals surface area contributed by atoms with E-state index in [2.05, 4.69) is 10.4 Å². The number of hydroxylamine groups is 1. The minimum atomic E-state index is -3.82. The fourth-order valence-corrected chi connectivity index (χ4v) is 4.69. The third-order valence-corrected chi connectivity index (χ3v) is 6.65. The molecule has 0 saturated heterocycles. The van der Waals surface area contributed by atoms with Gasteiger partial charge in [0.25, 0.3) is 0 Å². The third kappa shape index (κ3) is 6.15. The van der Waals surface area contributed by atoms with E-state index in [0.29, 0.717) is 28.8 Å². The van der Waals surface area contributed by atoms with Gasteiger partial charge in [0.05, 0.1) is 18.6 Å². The molecule has 0 spiro atoms. The number of sulfone groups is 1. The Morgan fingerprint density at radius 1 is 1.23 bits per heavy atom. The maximum Gasteiger partial charge on any atom is 0.236 e. The molecule has 0 radical (unpaired) electrons. The van der Waals surface area contributed by atoms with Crippen molar-refractivity contribution in [1.82, 2.24) is 15.6 Å². The number of methoxy groups -OCH3 is 1. The van der Waals surface area contributed by atoms with Gasteiger partial charge in [-0.15, -0.1) is 12.4 Å². The van der Waals surface area contributed by atoms with E-state index < -0.39 is 9.84 Å². The minimum absolute atomic E-state index is 0. The summed E-state index contributed by atoms with van der Waals surface area (Å²) in [6.07, 6.45) is 6.10. The van der Waals surface area contributed by atoms with Crippen molar-refractivity contribution in [2.24, 2.45) is 5.92 Å². The smallest absolute Gasteiger partial charge is 0.236 e. The lowest BCUT2D eigenvalue weighted by Gasteiger charge is -2.17. The number of rotatable bonds is 8. The van der Waals surface area contributed by atoms with Gasteiger partial charge in [-0.1, -0.05) is 18.0 Å². The van der Waals surface area contributed by atoms with Crippen molar-refractivity contribution < 1.29 is 23.2 Å². The Kier molecular flexibility index (Phi) is 8.60. The van der Waals surface area contributed by atoms with E-state index in [1.54, 1.807) is 18.2 Å². The van der Waals surface area contributed by atoms with Crippen molar-refractivity contribution >= 4 is 28.2 Å². The van der Waals surface area contributed by atoms with Gasteiger partial charge in [0.1, 0.15) is 5.75 Å². The maximum atomic E-state index is 12.8. The van der Waals surface area contributed by atoms with Crippen LogP contribution in [0, 0.1) is 5.92 Å². The highest BCUT2D eigenvalue weighted by atomic mass is 35.5. The predicted molar refractivity (Wildman–Crippen MR) is 112 cm³/mol. The van der Waals surface area contributed by atoms with Crippen molar-refractivity contribution in [1.29, 1.82) is 0 Å². The number of benzene rings is 1. The van der Waals surface area contributed by atoms with Gasteiger partial charge in [-0.2, -0.15) is 0 Å². The van der Waals surface area contributed by atoms with Crippen LogP contribution < -0.4 is 10.2 Å². The van der Waals surface area contributed by atoms with Gasteiger partial charge in [0.2, 0.25) is 15.7 Å². The van der Waals surface area contributed by atoms with Crippen LogP contribution in [0.4, 0.5) is 0 Å². The van der Waals surface area contributed by atoms with E-state index in [4.69, 9.17) is 4.74 Å². The fourth-order valence-electron chi connectivity index (χ4n) is 3.45. The Balaban J connectivity index is 0.00000320. The zero-order valence-corrected chi connectivity index (χ0v) is 18.3. The number of aromatic nitrogens is 1. The molecule has 0 bridgehead atoms. The minimum Gasteiger partial charge on any atom is -0.497 e. The standard InChI is InChI=1S/C20H25N3O5S.ClH/c1-28-17-6-8-18(9-7-17)29(26,27)20-13-16(10-11-21-20)14-23(25)22-19(24)12-15-4-2-3-5-15;/h6-11,13,15,25H,2-5,12,14H2,1H3,(H,22,24);1H. The predicted octanol–water partition coefficient (Wildman–Crippen LogP) is 3.15. The van der Waals surface area contributed by atoms with Gasteiger partial charge in [-0.3, -0.25) is 15.4 Å². The lowest BCUT2D eigenvalue weighted by molar-refractivity contribution is -0.166. The SMILES string of the molecule is COc1ccc(S(=O)(=O)c2cc(CN(O)NC(=O)CC3CCCC3)ccn2)cc1.Cl. The van der Waals surface area contributed by atoms with Crippen LogP contribution >= 0.6 is 12.4 Å². The normalized spacial score (nSPS) is 14.4. The molecule has 2 aromatic rings. The molecule has 1 fully saturated rings. The molecule has 0 atom stereocenters. The zero-order chi connectivity index (χ0) is 20.9. The second kappa shape index (κ2) is 10.7. The molecule has 10 heteroatoms. The number of hydrogen-bond acceptors (Lipinski definition) is 7. The molecule has 1 heterocycles. The monoisotopic (exact) mass is 455 g/mol. The van der Waals surface area contributed by atoms with E-state index >= 15 is 0 Å². The maximum absolute atomic E-state index is 12.8. The van der Waals surface area contributed by atoms with Gasteiger partial charge < -0.3 is 4.74 Å². The van der Waals surface area contributed by atoms with Crippen LogP contribution in [0.3, 0.4) is 0 Å². The molecule has 1 saturated carbocycles. The molecule has 1 aliphatic rings. The first-order chi connectivity index (χ1) is 13.9. The van der Waals surface area contributed by atoms with Crippen molar-refractivity contribution in [2.75, 3.05) is 7.11 Å². The Morgan fingerprint density at radius 2 is 1.90 bits per heavy atom. The van der Waals surface area contributed by atoms with Crippen molar-refractivity contribution in [2.45, 2.75) is 48.6 Å². The number of carbonyl (C=O) groups is 1. The van der Waals surface area contributed by atoms with E-state index in [-0.39, 0.29) is 34.8 Å². The van der Waals surface area contributed by atoms with Crippen LogP contribution in [0.1, 0.15) is 37.7 Å². The molecular formula is C20H26ClN3O5S. The molecular weight excluding hydrogens is 430 g/mol. The number of carbonyl (C=O) groups excluding carboxylic acids is 1. The summed E-state index contributed by atoms with van der Waals surface area (Å²) in [7, 11) is -2.31. The van der Waals surface area contributed by atoms with Gasteiger partial charge in [0.15, 0.2) is 5.03 Å². The van der Waals surface area contributed by atoms with Crippen LogP contribution in [-0.2, 0) is 21.2 Å². The Labute approximate surface area is 182 Å². The van der Waals surface area contributed by atoms with E-state index in [1.165, 1.54) is 31.5 Å². The van der Waals surface area contributed by atoms with Gasteiger partial charge in [-0.05, 0) is 60.7 Å². The lowest BCUT2D eigenvalue weighted by Crippen LogP contribution is -2.39. The van der Waals surface area contributed by atoms with Crippen molar-refractivity contribution in [3.8, 4) is 5.75 Å². The Morgan fingerprint density at radius 3 is 2.53 bits per heavy atom. The highest BCUT2D eigenvalue weighted by Crippen LogP contribution is 2.27. The third-order valence-electron chi connectivity index (χ3n) is 4.98. The van der Waals surface area contributed by atoms with E-state index in [9.17, 15) is 18.4 Å². The molecule has 0 aliphatic heterocycles. The molecule has 3 rings (SSSR count). The van der Waals surface area contributed by atoms with E-state index in [1.807, 2.05) is 0 Å². The highest BCUT2D eigenvalue weighted by Gasteiger charge is 2.21. The molecule has 1 aromatic carbocycles. The number of amides is 1. The van der Waals surface area contributed by atoms with Gasteiger partial charge in [0, 0.05) is 12.6 Å². The van der Waals surface area contributed by atoms with Crippen LogP contribution in [-0.4, -0.2) is 36.8 Å². The molecule has 1 amide bonds. The summed E-state index contributed by atoms with van der Waals surface area (Å²) in [6, 6.07) is 8.98. The van der Waals surface area contributed by atoms with Crippen LogP contribution in [0.2, 0.25) is 0 Å². The number of ether oxygens (including phenoxy) is 1. The highest BCUT2D eigenvalue weighted by molar-refractivity contribution is 7.91. The van der Waals surface area contributed by atoms with Gasteiger partial charge >= 0.3 is 0 Å². The zero-order valence-electron chi connectivity index (χ0n) is 16.7. The van der Waals surface area contributed by atoms with E-state index in [0.717, 1.165) is 25.7 Å². The Hall–Kier alpha value is -2.20. The van der Waals surface area contributed by atoms with Crippen molar-refractivity contribution in [3.63, 3.8) is 0 Å². The number of halogens is 1. The van der Waals surface area contributed by atoms with Crippen molar-refractivity contribution in [3.05, 3.63) is 48.2 Å².